The number of carbonyl (C=O) groups excluding carboxylic acids is 2. The zero-order chi connectivity index (χ0) is 23.6. The quantitative estimate of drug-likeness (QED) is 0.708. The lowest BCUT2D eigenvalue weighted by atomic mass is 9.96. The van der Waals surface area contributed by atoms with Gasteiger partial charge in [0.2, 0.25) is 5.91 Å². The normalized spacial score (nSPS) is 14.8. The molecule has 2 N–H and O–H groups in total. The van der Waals surface area contributed by atoms with Gasteiger partial charge in [0.05, 0.1) is 17.8 Å². The molecule has 1 aliphatic heterocycles. The van der Waals surface area contributed by atoms with Crippen LogP contribution in [0.4, 0.5) is 13.2 Å². The predicted molar refractivity (Wildman–Crippen MR) is 114 cm³/mol. The number of halogens is 3. The van der Waals surface area contributed by atoms with Gasteiger partial charge >= 0.3 is 0 Å². The van der Waals surface area contributed by atoms with Gasteiger partial charge in [0.25, 0.3) is 11.8 Å². The fourth-order valence-corrected chi connectivity index (χ4v) is 3.68. The van der Waals surface area contributed by atoms with E-state index in [9.17, 15) is 18.4 Å². The fourth-order valence-electron chi connectivity index (χ4n) is 3.68. The number of alkyl halides is 2. The first-order chi connectivity index (χ1) is 15.1. The van der Waals surface area contributed by atoms with E-state index >= 15 is 4.39 Å². The summed E-state index contributed by atoms with van der Waals surface area (Å²) in [6, 6.07) is 3.33. The first kappa shape index (κ1) is 23.8. The lowest BCUT2D eigenvalue weighted by Gasteiger charge is -2.21. The zero-order valence-electron chi connectivity index (χ0n) is 18.6. The van der Waals surface area contributed by atoms with Crippen molar-refractivity contribution < 1.29 is 22.8 Å². The van der Waals surface area contributed by atoms with E-state index in [0.29, 0.717) is 18.8 Å². The fraction of sp³-hybridized carbons (Fsp3) is 0.500. The lowest BCUT2D eigenvalue weighted by Crippen LogP contribution is -2.36. The largest absolute Gasteiger partial charge is 0.358 e. The van der Waals surface area contributed by atoms with Crippen molar-refractivity contribution in [2.45, 2.75) is 39.3 Å². The van der Waals surface area contributed by atoms with Crippen molar-refractivity contribution in [1.29, 1.82) is 0 Å². The van der Waals surface area contributed by atoms with Gasteiger partial charge in [-0.05, 0) is 32.1 Å². The number of hydrogen-bond acceptors (Lipinski definition) is 4. The Hall–Kier alpha value is -2.88. The Kier molecular flexibility index (Phi) is 6.92. The molecule has 0 unspecified atom stereocenters. The number of likely N-dealkylation sites (N-methyl/N-ethyl adjacent to an activating group) is 1. The van der Waals surface area contributed by atoms with E-state index in [2.05, 4.69) is 15.6 Å². The molecule has 0 bridgehead atoms. The maximum atomic E-state index is 15.0. The van der Waals surface area contributed by atoms with Crippen molar-refractivity contribution in [3.8, 4) is 11.4 Å². The Bertz CT molecular complexity index is 1020. The van der Waals surface area contributed by atoms with Gasteiger partial charge in [-0.3, -0.25) is 9.59 Å². The molecule has 0 saturated carbocycles. The molecule has 32 heavy (non-hydrogen) atoms. The van der Waals surface area contributed by atoms with E-state index in [-0.39, 0.29) is 29.5 Å². The average Bonchev–Trinajstić information content (AvgIpc) is 2.97. The molecule has 1 aliphatic rings. The van der Waals surface area contributed by atoms with Gasteiger partial charge in [-0.1, -0.05) is 19.9 Å². The summed E-state index contributed by atoms with van der Waals surface area (Å²) in [5, 5.41) is 4.93. The van der Waals surface area contributed by atoms with Crippen LogP contribution in [0.5, 0.6) is 0 Å². The van der Waals surface area contributed by atoms with Gasteiger partial charge in [0.15, 0.2) is 5.69 Å². The highest BCUT2D eigenvalue weighted by atomic mass is 19.3. The molecule has 0 atom stereocenters. The summed E-state index contributed by atoms with van der Waals surface area (Å²) in [6.07, 6.45) is 0.747. The van der Waals surface area contributed by atoms with Crippen molar-refractivity contribution in [3.05, 3.63) is 41.0 Å². The molecular formula is C22H28F3N5O2. The number of hydrogen-bond donors (Lipinski definition) is 2. The summed E-state index contributed by atoms with van der Waals surface area (Å²) in [7, 11) is 3.36. The second kappa shape index (κ2) is 9.32. The third-order valence-electron chi connectivity index (χ3n) is 5.64. The number of rotatable bonds is 6. The number of carbonyl (C=O) groups is 2. The van der Waals surface area contributed by atoms with Crippen LogP contribution in [-0.4, -0.2) is 53.5 Å². The Balaban J connectivity index is 2.05. The number of nitrogens with one attached hydrogen (secondary N) is 2. The molecule has 0 radical (unpaired) electrons. The van der Waals surface area contributed by atoms with E-state index in [1.165, 1.54) is 33.0 Å². The summed E-state index contributed by atoms with van der Waals surface area (Å²) >= 11 is 0. The second-order valence-corrected chi connectivity index (χ2v) is 8.30. The molecule has 3 rings (SSSR count). The summed E-state index contributed by atoms with van der Waals surface area (Å²) in [6.45, 7) is 4.19. The van der Waals surface area contributed by atoms with Crippen molar-refractivity contribution in [3.63, 3.8) is 0 Å². The summed E-state index contributed by atoms with van der Waals surface area (Å²) < 4.78 is 45.5. The van der Waals surface area contributed by atoms with E-state index in [1.807, 2.05) is 11.9 Å². The SMILES string of the molecule is CNC(=O)CNC(=O)c1nc(-c2ccc(C(F)(F)C(C)C)cc2F)n2c1CN(C)CCC2. The summed E-state index contributed by atoms with van der Waals surface area (Å²) in [5.74, 6) is -5.70. The second-order valence-electron chi connectivity index (χ2n) is 8.30. The molecule has 174 valence electrons. The van der Waals surface area contributed by atoms with Crippen molar-refractivity contribution >= 4 is 11.8 Å². The molecule has 2 heterocycles. The maximum absolute atomic E-state index is 15.0. The maximum Gasteiger partial charge on any atom is 0.275 e. The predicted octanol–water partition coefficient (Wildman–Crippen LogP) is 2.75. The Morgan fingerprint density at radius 1 is 1.25 bits per heavy atom. The van der Waals surface area contributed by atoms with Gasteiger partial charge in [-0.25, -0.2) is 18.2 Å². The molecule has 0 fully saturated rings. The highest BCUT2D eigenvalue weighted by molar-refractivity contribution is 5.96. The Morgan fingerprint density at radius 2 is 1.97 bits per heavy atom. The minimum atomic E-state index is -3.17. The van der Waals surface area contributed by atoms with Crippen LogP contribution in [0.15, 0.2) is 18.2 Å². The van der Waals surface area contributed by atoms with Crippen LogP contribution in [0.1, 0.15) is 42.0 Å². The van der Waals surface area contributed by atoms with Crippen LogP contribution < -0.4 is 10.6 Å². The van der Waals surface area contributed by atoms with Gasteiger partial charge in [0.1, 0.15) is 11.6 Å². The molecule has 7 nitrogen and oxygen atoms in total. The number of aromatic nitrogens is 2. The van der Waals surface area contributed by atoms with Gasteiger partial charge in [-0.15, -0.1) is 0 Å². The molecule has 1 aromatic carbocycles. The molecular weight excluding hydrogens is 423 g/mol. The topological polar surface area (TPSA) is 79.3 Å². The van der Waals surface area contributed by atoms with Crippen LogP contribution in [0.2, 0.25) is 0 Å². The number of benzene rings is 1. The van der Waals surface area contributed by atoms with Crippen LogP contribution >= 0.6 is 0 Å². The highest BCUT2D eigenvalue weighted by Gasteiger charge is 2.36. The Morgan fingerprint density at radius 3 is 2.59 bits per heavy atom. The number of fused-ring (bicyclic) bond motifs is 1. The Labute approximate surface area is 185 Å². The smallest absolute Gasteiger partial charge is 0.275 e. The van der Waals surface area contributed by atoms with E-state index < -0.39 is 29.1 Å². The molecule has 0 spiro atoms. The minimum Gasteiger partial charge on any atom is -0.358 e. The van der Waals surface area contributed by atoms with E-state index in [0.717, 1.165) is 19.0 Å². The van der Waals surface area contributed by atoms with Crippen LogP contribution in [-0.2, 0) is 23.8 Å². The molecule has 10 heteroatoms. The molecule has 1 aromatic heterocycles. The molecule has 2 aromatic rings. The first-order valence-electron chi connectivity index (χ1n) is 10.5. The first-order valence-corrected chi connectivity index (χ1v) is 10.5. The number of nitrogens with zero attached hydrogens (tertiary/aromatic N) is 3. The highest BCUT2D eigenvalue weighted by Crippen LogP contribution is 2.37. The van der Waals surface area contributed by atoms with Crippen LogP contribution in [0.3, 0.4) is 0 Å². The third kappa shape index (κ3) is 4.64. The van der Waals surface area contributed by atoms with Crippen LogP contribution in [0.25, 0.3) is 11.4 Å². The monoisotopic (exact) mass is 451 g/mol. The number of amides is 2. The van der Waals surface area contributed by atoms with Gasteiger partial charge in [-0.2, -0.15) is 0 Å². The zero-order valence-corrected chi connectivity index (χ0v) is 18.6. The van der Waals surface area contributed by atoms with Crippen molar-refractivity contribution in [2.24, 2.45) is 5.92 Å². The molecule has 0 aliphatic carbocycles. The molecule has 2 amide bonds. The lowest BCUT2D eigenvalue weighted by molar-refractivity contribution is -0.119. The average molecular weight is 451 g/mol. The van der Waals surface area contributed by atoms with Gasteiger partial charge < -0.3 is 20.1 Å². The standard InChI is InChI=1S/C22H28F3N5O2/c1-13(2)22(24,25)14-6-7-15(16(23)10-14)20-28-19(21(32)27-11-18(31)26-3)17-12-29(4)8-5-9-30(17)20/h6-7,10,13H,5,8-9,11-12H2,1-4H3,(H,26,31)(H,27,32). The van der Waals surface area contributed by atoms with E-state index in [4.69, 9.17) is 0 Å². The van der Waals surface area contributed by atoms with Crippen molar-refractivity contribution in [2.75, 3.05) is 27.2 Å². The third-order valence-corrected chi connectivity index (χ3v) is 5.64. The summed E-state index contributed by atoms with van der Waals surface area (Å²) in [4.78, 5) is 30.7. The van der Waals surface area contributed by atoms with Gasteiger partial charge in [0, 0.05) is 31.6 Å². The van der Waals surface area contributed by atoms with E-state index in [1.54, 1.807) is 4.57 Å². The number of imidazole rings is 1. The van der Waals surface area contributed by atoms with Crippen molar-refractivity contribution in [1.82, 2.24) is 25.1 Å². The molecule has 0 saturated heterocycles. The minimum absolute atomic E-state index is 0.0458. The summed E-state index contributed by atoms with van der Waals surface area (Å²) in [5.41, 5.74) is 0.322. The van der Waals surface area contributed by atoms with Crippen LogP contribution in [0, 0.1) is 11.7 Å².